The van der Waals surface area contributed by atoms with Crippen molar-refractivity contribution in [3.63, 3.8) is 0 Å². The third-order valence-corrected chi connectivity index (χ3v) is 3.47. The molecule has 5 nitrogen and oxygen atoms in total. The molecule has 9 heteroatoms. The number of halogens is 3. The number of amides is 1. The quantitative estimate of drug-likeness (QED) is 0.890. The molecule has 1 aromatic rings. The first-order chi connectivity index (χ1) is 8.99. The summed E-state index contributed by atoms with van der Waals surface area (Å²) in [5, 5.41) is 7.18. The summed E-state index contributed by atoms with van der Waals surface area (Å²) >= 11 is 0. The summed E-state index contributed by atoms with van der Waals surface area (Å²) < 4.78 is 58.4. The standard InChI is InChI=1S/C11H13F3N2O3S/c1-7-2-3-8(6-9(7)20(15,18)19)16-10(17)4-5-11(12,13)14/h2-3,6H,4-5H2,1H3,(H,16,17)(H2,15,18,19). The van der Waals surface area contributed by atoms with Crippen LogP contribution in [0, 0.1) is 6.92 Å². The van der Waals surface area contributed by atoms with Gasteiger partial charge in [0.2, 0.25) is 15.9 Å². The van der Waals surface area contributed by atoms with E-state index in [4.69, 9.17) is 5.14 Å². The lowest BCUT2D eigenvalue weighted by atomic mass is 10.2. The Morgan fingerprint density at radius 3 is 2.45 bits per heavy atom. The van der Waals surface area contributed by atoms with E-state index in [0.717, 1.165) is 6.07 Å². The number of rotatable bonds is 4. The Hall–Kier alpha value is -1.61. The molecule has 0 spiro atoms. The molecular weight excluding hydrogens is 297 g/mol. The maximum atomic E-state index is 12.0. The lowest BCUT2D eigenvalue weighted by Crippen LogP contribution is -2.18. The minimum atomic E-state index is -4.42. The fourth-order valence-electron chi connectivity index (χ4n) is 1.46. The van der Waals surface area contributed by atoms with Gasteiger partial charge in [-0.3, -0.25) is 4.79 Å². The van der Waals surface area contributed by atoms with Crippen molar-refractivity contribution in [1.82, 2.24) is 0 Å². The molecule has 0 bridgehead atoms. The number of hydrogen-bond donors (Lipinski definition) is 2. The van der Waals surface area contributed by atoms with Crippen LogP contribution in [0.5, 0.6) is 0 Å². The number of carbonyl (C=O) groups is 1. The van der Waals surface area contributed by atoms with Crippen molar-refractivity contribution >= 4 is 21.6 Å². The topological polar surface area (TPSA) is 89.3 Å². The molecule has 0 heterocycles. The van der Waals surface area contributed by atoms with Gasteiger partial charge in [0.25, 0.3) is 0 Å². The Balaban J connectivity index is 2.82. The van der Waals surface area contributed by atoms with E-state index in [1.165, 1.54) is 19.1 Å². The van der Waals surface area contributed by atoms with E-state index in [9.17, 15) is 26.4 Å². The first-order valence-electron chi connectivity index (χ1n) is 5.49. The number of carbonyl (C=O) groups excluding carboxylic acids is 1. The molecule has 3 N–H and O–H groups in total. The Kier molecular flexibility index (Phi) is 4.77. The summed E-state index contributed by atoms with van der Waals surface area (Å²) in [5.41, 5.74) is 0.451. The van der Waals surface area contributed by atoms with Gasteiger partial charge in [0.15, 0.2) is 0 Å². The van der Waals surface area contributed by atoms with E-state index in [1.54, 1.807) is 0 Å². The molecule has 0 aromatic heterocycles. The molecule has 1 rings (SSSR count). The Morgan fingerprint density at radius 1 is 1.35 bits per heavy atom. The third kappa shape index (κ3) is 5.17. The molecule has 0 aliphatic rings. The molecule has 0 saturated heterocycles. The fraction of sp³-hybridized carbons (Fsp3) is 0.364. The van der Waals surface area contributed by atoms with Gasteiger partial charge >= 0.3 is 6.18 Å². The highest BCUT2D eigenvalue weighted by Gasteiger charge is 2.27. The van der Waals surface area contributed by atoms with Crippen LogP contribution in [0.25, 0.3) is 0 Å². The number of sulfonamides is 1. The van der Waals surface area contributed by atoms with Crippen molar-refractivity contribution in [3.8, 4) is 0 Å². The Bertz CT molecular complexity index is 612. The SMILES string of the molecule is Cc1ccc(NC(=O)CCC(F)(F)F)cc1S(N)(=O)=O. The number of primary sulfonamides is 1. The van der Waals surface area contributed by atoms with Gasteiger partial charge in [-0.25, -0.2) is 13.6 Å². The molecule has 1 amide bonds. The van der Waals surface area contributed by atoms with Gasteiger partial charge in [-0.15, -0.1) is 0 Å². The van der Waals surface area contributed by atoms with Crippen LogP contribution in [0.15, 0.2) is 23.1 Å². The molecule has 0 saturated carbocycles. The van der Waals surface area contributed by atoms with E-state index in [1.807, 2.05) is 0 Å². The number of alkyl halides is 3. The molecule has 112 valence electrons. The first kappa shape index (κ1) is 16.4. The van der Waals surface area contributed by atoms with Gasteiger partial charge in [0.1, 0.15) is 0 Å². The number of nitrogens with one attached hydrogen (secondary N) is 1. The van der Waals surface area contributed by atoms with Gasteiger partial charge in [0.05, 0.1) is 11.3 Å². The minimum Gasteiger partial charge on any atom is -0.326 e. The lowest BCUT2D eigenvalue weighted by molar-refractivity contribution is -0.142. The molecule has 0 aliphatic carbocycles. The van der Waals surface area contributed by atoms with Crippen LogP contribution < -0.4 is 10.5 Å². The maximum Gasteiger partial charge on any atom is 0.389 e. The van der Waals surface area contributed by atoms with Crippen LogP contribution in [0.2, 0.25) is 0 Å². The highest BCUT2D eigenvalue weighted by atomic mass is 32.2. The molecule has 0 atom stereocenters. The van der Waals surface area contributed by atoms with Crippen molar-refractivity contribution in [2.24, 2.45) is 5.14 Å². The summed E-state index contributed by atoms with van der Waals surface area (Å²) in [6, 6.07) is 3.89. The van der Waals surface area contributed by atoms with Crippen molar-refractivity contribution in [1.29, 1.82) is 0 Å². The smallest absolute Gasteiger partial charge is 0.326 e. The molecule has 0 fully saturated rings. The molecule has 20 heavy (non-hydrogen) atoms. The molecule has 0 aliphatic heterocycles. The number of hydrogen-bond acceptors (Lipinski definition) is 3. The molecular formula is C11H13F3N2O3S. The number of aryl methyl sites for hydroxylation is 1. The number of anilines is 1. The minimum absolute atomic E-state index is 0.0757. The van der Waals surface area contributed by atoms with E-state index in [0.29, 0.717) is 5.56 Å². The zero-order chi connectivity index (χ0) is 15.6. The number of nitrogens with two attached hydrogens (primary N) is 1. The predicted octanol–water partition coefficient (Wildman–Crippen LogP) is 1.92. The summed E-state index contributed by atoms with van der Waals surface area (Å²) in [6.07, 6.45) is -6.40. The van der Waals surface area contributed by atoms with Gasteiger partial charge < -0.3 is 5.32 Å². The highest BCUT2D eigenvalue weighted by molar-refractivity contribution is 7.89. The second-order valence-electron chi connectivity index (χ2n) is 4.19. The average Bonchev–Trinajstić information content (AvgIpc) is 2.27. The fourth-order valence-corrected chi connectivity index (χ4v) is 2.27. The van der Waals surface area contributed by atoms with Crippen molar-refractivity contribution < 1.29 is 26.4 Å². The second-order valence-corrected chi connectivity index (χ2v) is 5.72. The zero-order valence-electron chi connectivity index (χ0n) is 10.5. The normalized spacial score (nSPS) is 12.2. The molecule has 0 radical (unpaired) electrons. The lowest BCUT2D eigenvalue weighted by Gasteiger charge is -2.09. The Morgan fingerprint density at radius 2 is 1.95 bits per heavy atom. The third-order valence-electron chi connectivity index (χ3n) is 2.41. The summed E-state index contributed by atoms with van der Waals surface area (Å²) in [5.74, 6) is -0.855. The maximum absolute atomic E-state index is 12.0. The van der Waals surface area contributed by atoms with Crippen LogP contribution >= 0.6 is 0 Å². The zero-order valence-corrected chi connectivity index (χ0v) is 11.3. The largest absolute Gasteiger partial charge is 0.389 e. The van der Waals surface area contributed by atoms with Crippen molar-refractivity contribution in [3.05, 3.63) is 23.8 Å². The van der Waals surface area contributed by atoms with E-state index >= 15 is 0 Å². The number of benzene rings is 1. The van der Waals surface area contributed by atoms with Crippen molar-refractivity contribution in [2.45, 2.75) is 30.8 Å². The van der Waals surface area contributed by atoms with E-state index < -0.39 is 34.9 Å². The van der Waals surface area contributed by atoms with Crippen LogP contribution in [-0.4, -0.2) is 20.5 Å². The van der Waals surface area contributed by atoms with E-state index in [2.05, 4.69) is 5.32 Å². The van der Waals surface area contributed by atoms with Crippen molar-refractivity contribution in [2.75, 3.05) is 5.32 Å². The van der Waals surface area contributed by atoms with Crippen LogP contribution in [-0.2, 0) is 14.8 Å². The van der Waals surface area contributed by atoms with Crippen LogP contribution in [0.4, 0.5) is 18.9 Å². The second kappa shape index (κ2) is 5.80. The summed E-state index contributed by atoms with van der Waals surface area (Å²) in [4.78, 5) is 11.1. The van der Waals surface area contributed by atoms with Crippen LogP contribution in [0.3, 0.4) is 0 Å². The van der Waals surface area contributed by atoms with Gasteiger partial charge in [0, 0.05) is 12.1 Å². The Labute approximate surface area is 114 Å². The summed E-state index contributed by atoms with van der Waals surface area (Å²) in [6.45, 7) is 1.51. The van der Waals surface area contributed by atoms with Crippen LogP contribution in [0.1, 0.15) is 18.4 Å². The monoisotopic (exact) mass is 310 g/mol. The van der Waals surface area contributed by atoms with Gasteiger partial charge in [-0.05, 0) is 24.6 Å². The first-order valence-corrected chi connectivity index (χ1v) is 7.04. The predicted molar refractivity (Wildman–Crippen MR) is 66.5 cm³/mol. The van der Waals surface area contributed by atoms with E-state index in [-0.39, 0.29) is 10.6 Å². The van der Waals surface area contributed by atoms with Gasteiger partial charge in [-0.2, -0.15) is 13.2 Å². The highest BCUT2D eigenvalue weighted by Crippen LogP contribution is 2.22. The molecule has 0 unspecified atom stereocenters. The average molecular weight is 310 g/mol. The molecule has 1 aromatic carbocycles. The summed E-state index contributed by atoms with van der Waals surface area (Å²) in [7, 11) is -3.96. The van der Waals surface area contributed by atoms with Gasteiger partial charge in [-0.1, -0.05) is 6.07 Å².